The van der Waals surface area contributed by atoms with E-state index >= 15 is 0 Å². The molecule has 0 aromatic carbocycles. The molecule has 3 N–H and O–H groups in total. The predicted octanol–water partition coefficient (Wildman–Crippen LogP) is 0.592. The molecule has 128 valence electrons. The van der Waals surface area contributed by atoms with E-state index in [2.05, 4.69) is 20.9 Å². The first-order valence-electron chi connectivity index (χ1n) is 7.24. The van der Waals surface area contributed by atoms with Crippen LogP contribution in [0.4, 0.5) is 9.93 Å². The van der Waals surface area contributed by atoms with Crippen LogP contribution in [0.1, 0.15) is 20.3 Å². The third kappa shape index (κ3) is 5.17. The zero-order valence-electron chi connectivity index (χ0n) is 12.9. The lowest BCUT2D eigenvalue weighted by Gasteiger charge is -2.22. The van der Waals surface area contributed by atoms with Gasteiger partial charge in [-0.3, -0.25) is 4.79 Å². The largest absolute Gasteiger partial charge is 0.334 e. The van der Waals surface area contributed by atoms with Crippen LogP contribution in [0.3, 0.4) is 0 Å². The van der Waals surface area contributed by atoms with Gasteiger partial charge < -0.3 is 16.0 Å². The maximum absolute atomic E-state index is 12.2. The number of hydrogen-bond acceptors (Lipinski definition) is 6. The average Bonchev–Trinajstić information content (AvgIpc) is 3.05. The number of thiazole rings is 1. The van der Waals surface area contributed by atoms with Crippen LogP contribution in [-0.2, 0) is 14.6 Å². The van der Waals surface area contributed by atoms with E-state index in [9.17, 15) is 18.0 Å². The van der Waals surface area contributed by atoms with Crippen LogP contribution in [0, 0.1) is 5.92 Å². The van der Waals surface area contributed by atoms with Gasteiger partial charge in [0.25, 0.3) is 0 Å². The van der Waals surface area contributed by atoms with Gasteiger partial charge in [-0.1, -0.05) is 13.8 Å². The molecular weight excluding hydrogens is 340 g/mol. The fourth-order valence-electron chi connectivity index (χ4n) is 2.28. The Morgan fingerprint density at radius 3 is 2.65 bits per heavy atom. The van der Waals surface area contributed by atoms with Crippen molar-refractivity contribution in [3.63, 3.8) is 0 Å². The number of rotatable bonds is 5. The first-order chi connectivity index (χ1) is 10.8. The second-order valence-corrected chi connectivity index (χ2v) is 8.89. The lowest BCUT2D eigenvalue weighted by Crippen LogP contribution is -2.52. The van der Waals surface area contributed by atoms with Crippen LogP contribution in [0.5, 0.6) is 0 Å². The van der Waals surface area contributed by atoms with Crippen molar-refractivity contribution in [1.82, 2.24) is 15.6 Å². The van der Waals surface area contributed by atoms with Gasteiger partial charge in [0.15, 0.2) is 15.0 Å². The second kappa shape index (κ2) is 7.26. The molecule has 0 aliphatic carbocycles. The molecule has 10 heteroatoms. The standard InChI is InChI=1S/C13H20N4O4S2/c1-8(2)10(11(18)17-13-14-4-5-22-13)16-12(19)15-9-3-6-23(20,21)7-9/h4-5,8-10H,3,6-7H2,1-2H3,(H,14,17,18)(H2,15,16,19)/t9-,10-/m0/s1. The van der Waals surface area contributed by atoms with Gasteiger partial charge in [0, 0.05) is 17.6 Å². The molecule has 1 aliphatic rings. The van der Waals surface area contributed by atoms with Crippen LogP contribution >= 0.6 is 11.3 Å². The highest BCUT2D eigenvalue weighted by atomic mass is 32.2. The van der Waals surface area contributed by atoms with Gasteiger partial charge in [0.2, 0.25) is 5.91 Å². The minimum Gasteiger partial charge on any atom is -0.334 e. The number of carbonyl (C=O) groups excluding carboxylic acids is 2. The third-order valence-corrected chi connectivity index (χ3v) is 5.92. The first-order valence-corrected chi connectivity index (χ1v) is 9.95. The molecule has 0 spiro atoms. The van der Waals surface area contributed by atoms with Gasteiger partial charge >= 0.3 is 6.03 Å². The normalized spacial score (nSPS) is 20.9. The molecule has 0 bridgehead atoms. The van der Waals surface area contributed by atoms with E-state index in [-0.39, 0.29) is 23.3 Å². The Balaban J connectivity index is 1.91. The highest BCUT2D eigenvalue weighted by molar-refractivity contribution is 7.91. The van der Waals surface area contributed by atoms with Crippen molar-refractivity contribution in [2.45, 2.75) is 32.4 Å². The first kappa shape index (κ1) is 17.7. The van der Waals surface area contributed by atoms with Crippen molar-refractivity contribution in [3.8, 4) is 0 Å². The Morgan fingerprint density at radius 2 is 2.13 bits per heavy atom. The Hall–Kier alpha value is -1.68. The predicted molar refractivity (Wildman–Crippen MR) is 88.1 cm³/mol. The van der Waals surface area contributed by atoms with Crippen molar-refractivity contribution >= 4 is 38.2 Å². The van der Waals surface area contributed by atoms with E-state index in [4.69, 9.17) is 0 Å². The average molecular weight is 360 g/mol. The number of sulfone groups is 1. The molecule has 0 radical (unpaired) electrons. The summed E-state index contributed by atoms with van der Waals surface area (Å²) in [6.45, 7) is 3.62. The van der Waals surface area contributed by atoms with Crippen molar-refractivity contribution in [2.75, 3.05) is 16.8 Å². The van der Waals surface area contributed by atoms with Crippen molar-refractivity contribution in [1.29, 1.82) is 0 Å². The summed E-state index contributed by atoms with van der Waals surface area (Å²) >= 11 is 1.29. The number of nitrogens with one attached hydrogen (secondary N) is 3. The second-order valence-electron chi connectivity index (χ2n) is 5.77. The fourth-order valence-corrected chi connectivity index (χ4v) is 4.49. The number of amides is 3. The summed E-state index contributed by atoms with van der Waals surface area (Å²) in [5.41, 5.74) is 0. The van der Waals surface area contributed by atoms with Crippen LogP contribution in [0.25, 0.3) is 0 Å². The van der Waals surface area contributed by atoms with Crippen LogP contribution < -0.4 is 16.0 Å². The SMILES string of the molecule is CC(C)[C@H](NC(=O)N[C@H]1CCS(=O)(=O)C1)C(=O)Nc1nccs1. The summed E-state index contributed by atoms with van der Waals surface area (Å²) in [6.07, 6.45) is 1.97. The molecule has 0 unspecified atom stereocenters. The number of nitrogens with zero attached hydrogens (tertiary/aromatic N) is 1. The molecular formula is C13H20N4O4S2. The summed E-state index contributed by atoms with van der Waals surface area (Å²) in [7, 11) is -3.07. The zero-order valence-corrected chi connectivity index (χ0v) is 14.5. The molecule has 2 rings (SSSR count). The monoisotopic (exact) mass is 360 g/mol. The fraction of sp³-hybridized carbons (Fsp3) is 0.615. The van der Waals surface area contributed by atoms with E-state index in [0.29, 0.717) is 11.6 Å². The highest BCUT2D eigenvalue weighted by Crippen LogP contribution is 2.13. The lowest BCUT2D eigenvalue weighted by molar-refractivity contribution is -0.118. The minimum absolute atomic E-state index is 0.0575. The van der Waals surface area contributed by atoms with E-state index in [1.807, 2.05) is 13.8 Å². The summed E-state index contributed by atoms with van der Waals surface area (Å²) in [5, 5.41) is 10.1. The number of carbonyl (C=O) groups is 2. The minimum atomic E-state index is -3.07. The molecule has 23 heavy (non-hydrogen) atoms. The molecule has 3 amide bonds. The molecule has 2 heterocycles. The Morgan fingerprint density at radius 1 is 1.39 bits per heavy atom. The molecule has 8 nitrogen and oxygen atoms in total. The maximum Gasteiger partial charge on any atom is 0.315 e. The van der Waals surface area contributed by atoms with E-state index < -0.39 is 28.0 Å². The number of anilines is 1. The Kier molecular flexibility index (Phi) is 5.58. The van der Waals surface area contributed by atoms with Gasteiger partial charge in [-0.25, -0.2) is 18.2 Å². The number of hydrogen-bond donors (Lipinski definition) is 3. The molecule has 1 fully saturated rings. The van der Waals surface area contributed by atoms with Crippen molar-refractivity contribution < 1.29 is 18.0 Å². The smallest absolute Gasteiger partial charge is 0.315 e. The van der Waals surface area contributed by atoms with Gasteiger partial charge in [0.05, 0.1) is 11.5 Å². The molecule has 1 aromatic rings. The Bertz CT molecular complexity index is 658. The van der Waals surface area contributed by atoms with Crippen LogP contribution in [-0.4, -0.2) is 48.9 Å². The van der Waals surface area contributed by atoms with Gasteiger partial charge in [0.1, 0.15) is 6.04 Å². The van der Waals surface area contributed by atoms with E-state index in [0.717, 1.165) is 0 Å². The quantitative estimate of drug-likeness (QED) is 0.710. The number of urea groups is 1. The number of aromatic nitrogens is 1. The van der Waals surface area contributed by atoms with Crippen molar-refractivity contribution in [2.24, 2.45) is 5.92 Å². The summed E-state index contributed by atoms with van der Waals surface area (Å²) < 4.78 is 22.8. The molecule has 1 aliphatic heterocycles. The van der Waals surface area contributed by atoms with E-state index in [1.165, 1.54) is 11.3 Å². The van der Waals surface area contributed by atoms with Gasteiger partial charge in [-0.15, -0.1) is 11.3 Å². The lowest BCUT2D eigenvalue weighted by atomic mass is 10.0. The maximum atomic E-state index is 12.2. The highest BCUT2D eigenvalue weighted by Gasteiger charge is 2.30. The Labute approximate surface area is 139 Å². The molecule has 1 saturated heterocycles. The van der Waals surface area contributed by atoms with E-state index in [1.54, 1.807) is 11.6 Å². The zero-order chi connectivity index (χ0) is 17.0. The summed E-state index contributed by atoms with van der Waals surface area (Å²) in [5.74, 6) is -0.467. The van der Waals surface area contributed by atoms with Crippen LogP contribution in [0.2, 0.25) is 0 Å². The topological polar surface area (TPSA) is 117 Å². The van der Waals surface area contributed by atoms with Gasteiger partial charge in [-0.05, 0) is 12.3 Å². The summed E-state index contributed by atoms with van der Waals surface area (Å²) in [4.78, 5) is 28.2. The summed E-state index contributed by atoms with van der Waals surface area (Å²) in [6, 6.07) is -1.69. The molecule has 0 saturated carbocycles. The molecule has 1 aromatic heterocycles. The molecule has 2 atom stereocenters. The van der Waals surface area contributed by atoms with Gasteiger partial charge in [-0.2, -0.15) is 0 Å². The third-order valence-electron chi connectivity index (χ3n) is 3.47. The van der Waals surface area contributed by atoms with Crippen LogP contribution in [0.15, 0.2) is 11.6 Å². The van der Waals surface area contributed by atoms with Crippen molar-refractivity contribution in [3.05, 3.63) is 11.6 Å².